The van der Waals surface area contributed by atoms with Crippen LogP contribution in [0.4, 0.5) is 10.1 Å². The fraction of sp³-hybridized carbons (Fsp3) is 0.250. The lowest BCUT2D eigenvalue weighted by Gasteiger charge is -2.30. The molecule has 4 nitrogen and oxygen atoms in total. The van der Waals surface area contributed by atoms with Crippen LogP contribution in [0.15, 0.2) is 53.4 Å². The summed E-state index contributed by atoms with van der Waals surface area (Å²) in [5.41, 5.74) is 1.58. The monoisotopic (exact) mass is 407 g/mol. The molecule has 0 N–H and O–H groups in total. The van der Waals surface area contributed by atoms with E-state index in [-0.39, 0.29) is 21.6 Å². The van der Waals surface area contributed by atoms with E-state index in [9.17, 15) is 17.6 Å². The van der Waals surface area contributed by atoms with E-state index in [1.807, 2.05) is 6.07 Å². The number of allylic oxidation sites excluding steroid dienone is 1. The largest absolute Gasteiger partial charge is 0.307 e. The van der Waals surface area contributed by atoms with Crippen LogP contribution in [0.1, 0.15) is 24.5 Å². The summed E-state index contributed by atoms with van der Waals surface area (Å²) in [7, 11) is -3.80. The first-order valence-electron chi connectivity index (χ1n) is 8.56. The number of hydrogen-bond donors (Lipinski definition) is 0. The fourth-order valence-corrected chi connectivity index (χ4v) is 5.19. The van der Waals surface area contributed by atoms with Crippen molar-refractivity contribution in [3.8, 4) is 0 Å². The maximum atomic E-state index is 13.3. The number of anilines is 1. The maximum absolute atomic E-state index is 13.3. The van der Waals surface area contributed by atoms with E-state index in [0.717, 1.165) is 18.1 Å². The molecule has 0 aliphatic carbocycles. The number of amides is 1. The second kappa shape index (κ2) is 7.82. The van der Waals surface area contributed by atoms with Crippen molar-refractivity contribution >= 4 is 33.0 Å². The molecule has 0 atom stereocenters. The highest BCUT2D eigenvalue weighted by Crippen LogP contribution is 2.36. The number of rotatable bonds is 4. The van der Waals surface area contributed by atoms with Crippen LogP contribution in [0.3, 0.4) is 0 Å². The zero-order valence-corrected chi connectivity index (χ0v) is 16.4. The van der Waals surface area contributed by atoms with E-state index in [2.05, 4.69) is 0 Å². The average molecular weight is 408 g/mol. The number of sulfone groups is 1. The Balaban J connectivity index is 2.07. The van der Waals surface area contributed by atoms with Crippen molar-refractivity contribution in [1.82, 2.24) is 0 Å². The number of fused-ring (bicyclic) bond motifs is 1. The van der Waals surface area contributed by atoms with E-state index in [1.165, 1.54) is 29.2 Å². The van der Waals surface area contributed by atoms with Crippen LogP contribution in [-0.4, -0.2) is 20.9 Å². The Morgan fingerprint density at radius 3 is 2.78 bits per heavy atom. The number of carbonyl (C=O) groups excluding carboxylic acids is 1. The number of nitrogens with zero attached hydrogens (tertiary/aromatic N) is 1. The maximum Gasteiger partial charge on any atom is 0.250 e. The summed E-state index contributed by atoms with van der Waals surface area (Å²) >= 11 is 6.01. The molecular formula is C20H19ClFNO3S. The second-order valence-electron chi connectivity index (χ2n) is 6.35. The standard InChI is InChI=1S/C20H19ClFNO3S/c1-2-5-19(24)23-11-4-7-14-6-3-8-18(20(14)23)27(25,26)13-15-9-10-16(22)12-17(15)21/h2-3,5-6,8-10,12H,4,7,11,13H2,1H3/b5-2+. The predicted molar refractivity (Wildman–Crippen MR) is 104 cm³/mol. The summed E-state index contributed by atoms with van der Waals surface area (Å²) in [6.07, 6.45) is 4.53. The van der Waals surface area contributed by atoms with Gasteiger partial charge in [0.15, 0.2) is 9.84 Å². The first-order chi connectivity index (χ1) is 12.8. The van der Waals surface area contributed by atoms with Gasteiger partial charge >= 0.3 is 0 Å². The van der Waals surface area contributed by atoms with Crippen molar-refractivity contribution in [3.05, 3.63) is 70.5 Å². The summed E-state index contributed by atoms with van der Waals surface area (Å²) in [6, 6.07) is 8.67. The van der Waals surface area contributed by atoms with E-state index in [1.54, 1.807) is 19.1 Å². The summed E-state index contributed by atoms with van der Waals surface area (Å²) in [4.78, 5) is 14.1. The van der Waals surface area contributed by atoms with E-state index < -0.39 is 15.7 Å². The lowest BCUT2D eigenvalue weighted by Crippen LogP contribution is -2.35. The second-order valence-corrected chi connectivity index (χ2v) is 8.72. The Labute approximate surface area is 163 Å². The van der Waals surface area contributed by atoms with Gasteiger partial charge in [-0.05, 0) is 55.2 Å². The van der Waals surface area contributed by atoms with Gasteiger partial charge in [-0.3, -0.25) is 4.79 Å². The first-order valence-corrected chi connectivity index (χ1v) is 10.6. The molecule has 0 saturated carbocycles. The average Bonchev–Trinajstić information content (AvgIpc) is 2.63. The van der Waals surface area contributed by atoms with Crippen LogP contribution in [0.25, 0.3) is 0 Å². The van der Waals surface area contributed by atoms with E-state index in [0.29, 0.717) is 24.2 Å². The number of aryl methyl sites for hydroxylation is 1. The molecule has 1 amide bonds. The minimum atomic E-state index is -3.80. The molecule has 1 aliphatic rings. The highest BCUT2D eigenvalue weighted by atomic mass is 35.5. The molecule has 0 radical (unpaired) electrons. The van der Waals surface area contributed by atoms with Crippen molar-refractivity contribution < 1.29 is 17.6 Å². The SMILES string of the molecule is C/C=C/C(=O)N1CCCc2cccc(S(=O)(=O)Cc3ccc(F)cc3Cl)c21. The molecule has 7 heteroatoms. The highest BCUT2D eigenvalue weighted by molar-refractivity contribution is 7.90. The lowest BCUT2D eigenvalue weighted by molar-refractivity contribution is -0.114. The molecule has 142 valence electrons. The minimum Gasteiger partial charge on any atom is -0.307 e. The van der Waals surface area contributed by atoms with E-state index in [4.69, 9.17) is 11.6 Å². The van der Waals surface area contributed by atoms with E-state index >= 15 is 0 Å². The third-order valence-corrected chi connectivity index (χ3v) is 6.49. The third-order valence-electron chi connectivity index (χ3n) is 4.45. The Kier molecular flexibility index (Phi) is 5.67. The topological polar surface area (TPSA) is 54.5 Å². The Hall–Kier alpha value is -2.18. The van der Waals surface area contributed by atoms with Gasteiger partial charge in [0, 0.05) is 11.6 Å². The summed E-state index contributed by atoms with van der Waals surface area (Å²) in [5, 5.41) is 0.0604. The van der Waals surface area contributed by atoms with Crippen molar-refractivity contribution in [3.63, 3.8) is 0 Å². The third kappa shape index (κ3) is 4.06. The van der Waals surface area contributed by atoms with Crippen LogP contribution in [-0.2, 0) is 26.8 Å². The molecule has 0 fully saturated rings. The Morgan fingerprint density at radius 2 is 2.07 bits per heavy atom. The first kappa shape index (κ1) is 19.6. The van der Waals surface area contributed by atoms with Crippen LogP contribution >= 0.6 is 11.6 Å². The van der Waals surface area contributed by atoms with Crippen molar-refractivity contribution in [2.45, 2.75) is 30.4 Å². The number of para-hydroxylation sites is 1. The fourth-order valence-electron chi connectivity index (χ4n) is 3.24. The molecule has 0 saturated heterocycles. The van der Waals surface area contributed by atoms with Gasteiger partial charge in [0.2, 0.25) is 0 Å². The van der Waals surface area contributed by atoms with Gasteiger partial charge in [-0.25, -0.2) is 12.8 Å². The van der Waals surface area contributed by atoms with Gasteiger partial charge < -0.3 is 4.90 Å². The highest BCUT2D eigenvalue weighted by Gasteiger charge is 2.29. The van der Waals surface area contributed by atoms with Gasteiger partial charge in [0.1, 0.15) is 5.82 Å². The van der Waals surface area contributed by atoms with Crippen molar-refractivity contribution in [1.29, 1.82) is 0 Å². The molecule has 27 heavy (non-hydrogen) atoms. The zero-order chi connectivity index (χ0) is 19.6. The smallest absolute Gasteiger partial charge is 0.250 e. The predicted octanol–water partition coefficient (Wildman–Crippen LogP) is 4.31. The molecule has 0 aromatic heterocycles. The molecule has 1 heterocycles. The van der Waals surface area contributed by atoms with Gasteiger partial charge in [-0.1, -0.05) is 35.9 Å². The zero-order valence-electron chi connectivity index (χ0n) is 14.8. The molecular weight excluding hydrogens is 389 g/mol. The summed E-state index contributed by atoms with van der Waals surface area (Å²) < 4.78 is 39.5. The molecule has 3 rings (SSSR count). The number of benzene rings is 2. The van der Waals surface area contributed by atoms with Crippen LogP contribution in [0.2, 0.25) is 5.02 Å². The van der Waals surface area contributed by atoms with Gasteiger partial charge in [-0.15, -0.1) is 0 Å². The van der Waals surface area contributed by atoms with Crippen LogP contribution in [0, 0.1) is 5.82 Å². The Morgan fingerprint density at radius 1 is 1.30 bits per heavy atom. The molecule has 0 spiro atoms. The summed E-state index contributed by atoms with van der Waals surface area (Å²) in [5.74, 6) is -1.14. The normalized spacial score (nSPS) is 14.4. The molecule has 2 aromatic carbocycles. The lowest BCUT2D eigenvalue weighted by atomic mass is 10.0. The molecule has 0 bridgehead atoms. The van der Waals surface area contributed by atoms with Gasteiger partial charge in [0.05, 0.1) is 16.3 Å². The number of halogens is 2. The minimum absolute atomic E-state index is 0.0604. The van der Waals surface area contributed by atoms with Gasteiger partial charge in [0.25, 0.3) is 5.91 Å². The van der Waals surface area contributed by atoms with Crippen molar-refractivity contribution in [2.24, 2.45) is 0 Å². The number of hydrogen-bond acceptors (Lipinski definition) is 3. The molecule has 1 aliphatic heterocycles. The van der Waals surface area contributed by atoms with Crippen LogP contribution in [0.5, 0.6) is 0 Å². The number of carbonyl (C=O) groups is 1. The molecule has 2 aromatic rings. The molecule has 0 unspecified atom stereocenters. The summed E-state index contributed by atoms with van der Waals surface area (Å²) in [6.45, 7) is 2.20. The Bertz CT molecular complexity index is 1020. The van der Waals surface area contributed by atoms with Crippen LogP contribution < -0.4 is 4.90 Å². The van der Waals surface area contributed by atoms with Crippen molar-refractivity contribution in [2.75, 3.05) is 11.4 Å². The quantitative estimate of drug-likeness (QED) is 0.710. The van der Waals surface area contributed by atoms with Gasteiger partial charge in [-0.2, -0.15) is 0 Å².